The Morgan fingerprint density at radius 1 is 0.595 bits per heavy atom. The third-order valence-corrected chi connectivity index (χ3v) is 5.79. The van der Waals surface area contributed by atoms with Crippen LogP contribution in [0.1, 0.15) is 94.1 Å². The van der Waals surface area contributed by atoms with Crippen molar-refractivity contribution < 1.29 is 52.5 Å². The number of cyclic esters (lactones) is 4. The van der Waals surface area contributed by atoms with Crippen molar-refractivity contribution in [2.45, 2.75) is 65.8 Å². The highest BCUT2D eigenvalue weighted by molar-refractivity contribution is 6.15. The fourth-order valence-electron chi connectivity index (χ4n) is 4.03. The van der Waals surface area contributed by atoms with Gasteiger partial charge in [0.25, 0.3) is 0 Å². The number of carbonyl (C=O) groups excluding carboxylic acids is 7. The second-order valence-electron chi connectivity index (χ2n) is 11.5. The number of imide groups is 2. The Hall–Kier alpha value is -5.07. The van der Waals surface area contributed by atoms with Crippen LogP contribution in [0.2, 0.25) is 0 Å². The zero-order valence-electron chi connectivity index (χ0n) is 23.8. The molecule has 2 aliphatic heterocycles. The number of nitrogens with zero attached hydrogens (tertiary/aromatic N) is 2. The largest absolute Gasteiger partial charge is 0.443 e. The molecule has 0 saturated carbocycles. The van der Waals surface area contributed by atoms with Gasteiger partial charge in [0.05, 0.1) is 35.3 Å². The molecule has 2 aliphatic rings. The minimum absolute atomic E-state index is 0.0305. The van der Waals surface area contributed by atoms with E-state index in [1.165, 1.54) is 36.4 Å². The first-order chi connectivity index (χ1) is 19.4. The molecule has 42 heavy (non-hydrogen) atoms. The maximum absolute atomic E-state index is 14.0. The van der Waals surface area contributed by atoms with Crippen LogP contribution in [0.4, 0.5) is 14.4 Å². The van der Waals surface area contributed by atoms with E-state index >= 15 is 0 Å². The summed E-state index contributed by atoms with van der Waals surface area (Å²) >= 11 is 0. The first-order valence-electron chi connectivity index (χ1n) is 12.8. The van der Waals surface area contributed by atoms with E-state index in [0.717, 1.165) is 0 Å². The maximum atomic E-state index is 14.0. The number of rotatable bonds is 4. The Bertz CT molecular complexity index is 1430. The van der Waals surface area contributed by atoms with Crippen molar-refractivity contribution in [1.29, 1.82) is 0 Å². The molecule has 0 bridgehead atoms. The Labute approximate surface area is 240 Å². The number of benzene rings is 2. The molecule has 4 rings (SSSR count). The number of urea groups is 1. The molecule has 0 fully saturated rings. The standard InChI is InChI=1S/C29H28N2O11/c1-28(2,3)41-26(37)30(13-15-7-9-17-19(11-15)23(34)39-21(17)32)25(36)31(27(38)42-29(4,5)6)14-16-8-10-18-20(12-16)24(35)40-22(18)33/h7-12H,13-14H2,1-6H3. The summed E-state index contributed by atoms with van der Waals surface area (Å²) in [5, 5.41) is 0. The monoisotopic (exact) mass is 580 g/mol. The number of esters is 4. The van der Waals surface area contributed by atoms with E-state index < -0.39 is 66.4 Å². The molecule has 0 aromatic heterocycles. The van der Waals surface area contributed by atoms with Crippen LogP contribution in [-0.4, -0.2) is 63.1 Å². The lowest BCUT2D eigenvalue weighted by Crippen LogP contribution is -2.50. The first-order valence-corrected chi connectivity index (χ1v) is 12.8. The number of carbonyl (C=O) groups is 7. The van der Waals surface area contributed by atoms with Crippen LogP contribution >= 0.6 is 0 Å². The molecule has 2 aromatic carbocycles. The van der Waals surface area contributed by atoms with Crippen LogP contribution in [0.5, 0.6) is 0 Å². The van der Waals surface area contributed by atoms with E-state index in [4.69, 9.17) is 9.47 Å². The van der Waals surface area contributed by atoms with Gasteiger partial charge in [-0.05, 0) is 76.9 Å². The molecule has 0 spiro atoms. The van der Waals surface area contributed by atoms with Gasteiger partial charge in [-0.15, -0.1) is 0 Å². The Morgan fingerprint density at radius 3 is 1.26 bits per heavy atom. The van der Waals surface area contributed by atoms with E-state index in [9.17, 15) is 33.6 Å². The number of hydrogen-bond acceptors (Lipinski definition) is 11. The zero-order valence-corrected chi connectivity index (χ0v) is 23.8. The van der Waals surface area contributed by atoms with Crippen molar-refractivity contribution in [3.8, 4) is 0 Å². The molecule has 0 radical (unpaired) electrons. The number of amides is 4. The van der Waals surface area contributed by atoms with Crippen molar-refractivity contribution >= 4 is 42.1 Å². The minimum atomic E-state index is -1.14. The molecule has 0 aliphatic carbocycles. The third-order valence-electron chi connectivity index (χ3n) is 5.79. The van der Waals surface area contributed by atoms with Crippen LogP contribution in [-0.2, 0) is 32.0 Å². The average molecular weight is 581 g/mol. The fourth-order valence-corrected chi connectivity index (χ4v) is 4.03. The van der Waals surface area contributed by atoms with E-state index in [1.807, 2.05) is 0 Å². The number of ether oxygens (including phenoxy) is 4. The number of fused-ring (bicyclic) bond motifs is 2. The third kappa shape index (κ3) is 6.45. The molecule has 0 N–H and O–H groups in total. The average Bonchev–Trinajstić information content (AvgIpc) is 3.31. The summed E-state index contributed by atoms with van der Waals surface area (Å²) in [4.78, 5) is 89.8. The predicted molar refractivity (Wildman–Crippen MR) is 141 cm³/mol. The smallest absolute Gasteiger partial charge is 0.418 e. The van der Waals surface area contributed by atoms with Crippen molar-refractivity contribution in [3.63, 3.8) is 0 Å². The summed E-state index contributed by atoms with van der Waals surface area (Å²) in [6.45, 7) is 8.58. The number of hydrogen-bond donors (Lipinski definition) is 0. The Kier molecular flexibility index (Phi) is 7.64. The normalized spacial score (nSPS) is 14.0. The van der Waals surface area contributed by atoms with Gasteiger partial charge in [0, 0.05) is 0 Å². The van der Waals surface area contributed by atoms with Crippen LogP contribution in [0.25, 0.3) is 0 Å². The summed E-state index contributed by atoms with van der Waals surface area (Å²) in [6, 6.07) is 6.95. The molecular weight excluding hydrogens is 552 g/mol. The highest BCUT2D eigenvalue weighted by Crippen LogP contribution is 2.26. The van der Waals surface area contributed by atoms with Gasteiger partial charge < -0.3 is 18.9 Å². The highest BCUT2D eigenvalue weighted by atomic mass is 16.6. The Morgan fingerprint density at radius 2 is 0.929 bits per heavy atom. The summed E-state index contributed by atoms with van der Waals surface area (Å²) in [5.41, 5.74) is -1.59. The molecule has 0 atom stereocenters. The molecular formula is C29H28N2O11. The van der Waals surface area contributed by atoms with Crippen LogP contribution in [0.3, 0.4) is 0 Å². The van der Waals surface area contributed by atoms with Crippen LogP contribution in [0.15, 0.2) is 36.4 Å². The van der Waals surface area contributed by atoms with E-state index in [0.29, 0.717) is 9.80 Å². The molecule has 4 amide bonds. The molecule has 0 unspecified atom stereocenters. The lowest BCUT2D eigenvalue weighted by Gasteiger charge is -2.31. The van der Waals surface area contributed by atoms with Gasteiger partial charge in [-0.2, -0.15) is 0 Å². The molecule has 13 heteroatoms. The molecule has 0 saturated heterocycles. The summed E-state index contributed by atoms with van der Waals surface area (Å²) in [6.07, 6.45) is -2.22. The minimum Gasteiger partial charge on any atom is -0.443 e. The van der Waals surface area contributed by atoms with Gasteiger partial charge in [0.1, 0.15) is 11.2 Å². The summed E-state index contributed by atoms with van der Waals surface area (Å²) < 4.78 is 20.1. The molecule has 2 aromatic rings. The van der Waals surface area contributed by atoms with E-state index in [2.05, 4.69) is 9.47 Å². The van der Waals surface area contributed by atoms with Gasteiger partial charge in [-0.25, -0.2) is 43.4 Å². The van der Waals surface area contributed by atoms with Gasteiger partial charge >= 0.3 is 42.1 Å². The zero-order chi connectivity index (χ0) is 31.1. The van der Waals surface area contributed by atoms with Crippen molar-refractivity contribution in [2.75, 3.05) is 0 Å². The molecule has 2 heterocycles. The predicted octanol–water partition coefficient (Wildman–Crippen LogP) is 4.60. The van der Waals surface area contributed by atoms with Gasteiger partial charge in [0.2, 0.25) is 0 Å². The van der Waals surface area contributed by atoms with E-state index in [1.54, 1.807) is 41.5 Å². The highest BCUT2D eigenvalue weighted by Gasteiger charge is 2.38. The molecule has 13 nitrogen and oxygen atoms in total. The first kappa shape index (κ1) is 29.9. The van der Waals surface area contributed by atoms with Crippen molar-refractivity contribution in [2.24, 2.45) is 0 Å². The second-order valence-corrected chi connectivity index (χ2v) is 11.5. The lowest BCUT2D eigenvalue weighted by atomic mass is 10.1. The quantitative estimate of drug-likeness (QED) is 0.282. The topological polar surface area (TPSA) is 163 Å². The SMILES string of the molecule is CC(C)(C)OC(=O)N(Cc1ccc2c(c1)C(=O)OC2=O)C(=O)N(Cc1ccc2c(c1)C(=O)OC2=O)C(=O)OC(C)(C)C. The van der Waals surface area contributed by atoms with Crippen LogP contribution in [0, 0.1) is 0 Å². The maximum Gasteiger partial charge on any atom is 0.418 e. The lowest BCUT2D eigenvalue weighted by molar-refractivity contribution is 0.0163. The molecule has 220 valence electrons. The van der Waals surface area contributed by atoms with E-state index in [-0.39, 0.29) is 33.4 Å². The van der Waals surface area contributed by atoms with Gasteiger partial charge in [0.15, 0.2) is 0 Å². The van der Waals surface area contributed by atoms with Crippen molar-refractivity contribution in [3.05, 3.63) is 69.8 Å². The Balaban J connectivity index is 1.72. The summed E-state index contributed by atoms with van der Waals surface area (Å²) in [5.74, 6) is -3.40. The van der Waals surface area contributed by atoms with Crippen LogP contribution < -0.4 is 0 Å². The van der Waals surface area contributed by atoms with Crippen molar-refractivity contribution in [1.82, 2.24) is 9.80 Å². The van der Waals surface area contributed by atoms with Gasteiger partial charge in [-0.1, -0.05) is 12.1 Å². The second kappa shape index (κ2) is 10.7. The van der Waals surface area contributed by atoms with Gasteiger partial charge in [-0.3, -0.25) is 0 Å². The summed E-state index contributed by atoms with van der Waals surface area (Å²) in [7, 11) is 0. The fraction of sp³-hybridized carbons (Fsp3) is 0.345.